The molecule has 0 spiro atoms. The number of aromatic nitrogens is 4. The summed E-state index contributed by atoms with van der Waals surface area (Å²) in [4.78, 5) is 23.2. The standard InChI is InChI=1S/C18H21N5O6P/c1-25-17-15-16(21-18(19)22-17)23(10-20-15)14-7-6-12(28-14)9-27-30(24)26-8-11-4-2-3-5-13(11)29-30/h2-5,10,12,14,24H,6-9H2,1H3,(H2,19,21,22)/q+1. The molecule has 1 saturated heterocycles. The summed E-state index contributed by atoms with van der Waals surface area (Å²) in [5.41, 5.74) is 7.69. The van der Waals surface area contributed by atoms with E-state index in [4.69, 9.17) is 28.8 Å². The van der Waals surface area contributed by atoms with Crippen LogP contribution in [0.5, 0.6) is 11.6 Å². The number of benzene rings is 1. The Labute approximate surface area is 172 Å². The number of nitrogens with zero attached hydrogens (tertiary/aromatic N) is 4. The third-order valence-electron chi connectivity index (χ3n) is 4.99. The van der Waals surface area contributed by atoms with Crippen molar-refractivity contribution in [1.29, 1.82) is 0 Å². The molecule has 30 heavy (non-hydrogen) atoms. The van der Waals surface area contributed by atoms with Crippen LogP contribution in [0.3, 0.4) is 0 Å². The minimum absolute atomic E-state index is 0.0953. The molecule has 12 heteroatoms. The molecule has 3 N–H and O–H groups in total. The van der Waals surface area contributed by atoms with Gasteiger partial charge in [0.15, 0.2) is 16.9 Å². The van der Waals surface area contributed by atoms with Crippen molar-refractivity contribution in [2.45, 2.75) is 31.8 Å². The van der Waals surface area contributed by atoms with Crippen LogP contribution in [0.4, 0.5) is 5.95 Å². The van der Waals surface area contributed by atoms with Gasteiger partial charge in [-0.05, 0) is 18.9 Å². The molecule has 4 heterocycles. The van der Waals surface area contributed by atoms with Gasteiger partial charge in [-0.2, -0.15) is 14.9 Å². The van der Waals surface area contributed by atoms with E-state index >= 15 is 0 Å². The first kappa shape index (κ1) is 19.4. The summed E-state index contributed by atoms with van der Waals surface area (Å²) in [5.74, 6) is 0.979. The molecule has 5 rings (SSSR count). The van der Waals surface area contributed by atoms with Crippen molar-refractivity contribution in [2.24, 2.45) is 0 Å². The summed E-state index contributed by atoms with van der Waals surface area (Å²) in [6, 6.07) is 7.38. The van der Waals surface area contributed by atoms with Crippen molar-refractivity contribution in [3.63, 3.8) is 0 Å². The van der Waals surface area contributed by atoms with E-state index in [1.165, 1.54) is 7.11 Å². The van der Waals surface area contributed by atoms with E-state index in [0.29, 0.717) is 29.2 Å². The summed E-state index contributed by atoms with van der Waals surface area (Å²) in [6.07, 6.45) is 2.51. The van der Waals surface area contributed by atoms with Crippen molar-refractivity contribution in [2.75, 3.05) is 19.5 Å². The first-order chi connectivity index (χ1) is 14.5. The van der Waals surface area contributed by atoms with Crippen LogP contribution in [0.25, 0.3) is 11.2 Å². The van der Waals surface area contributed by atoms with E-state index in [2.05, 4.69) is 15.0 Å². The fourth-order valence-electron chi connectivity index (χ4n) is 3.53. The third kappa shape index (κ3) is 3.55. The summed E-state index contributed by atoms with van der Waals surface area (Å²) in [7, 11) is -1.94. The van der Waals surface area contributed by atoms with E-state index in [1.54, 1.807) is 17.0 Å². The molecule has 0 amide bonds. The van der Waals surface area contributed by atoms with Gasteiger partial charge in [0.25, 0.3) is 0 Å². The second-order valence-corrected chi connectivity index (χ2v) is 8.58. The molecule has 158 valence electrons. The highest BCUT2D eigenvalue weighted by molar-refractivity contribution is 7.55. The second kappa shape index (κ2) is 7.60. The predicted molar refractivity (Wildman–Crippen MR) is 106 cm³/mol. The minimum Gasteiger partial charge on any atom is -0.479 e. The number of nitrogen functional groups attached to an aromatic ring is 1. The number of hydrogen-bond acceptors (Lipinski definition) is 10. The topological polar surface area (TPSA) is 136 Å². The van der Waals surface area contributed by atoms with Gasteiger partial charge >= 0.3 is 8.17 Å². The molecule has 0 radical (unpaired) electrons. The van der Waals surface area contributed by atoms with Crippen molar-refractivity contribution in [3.8, 4) is 11.6 Å². The molecule has 3 aromatic rings. The van der Waals surface area contributed by atoms with Crippen molar-refractivity contribution >= 4 is 25.3 Å². The van der Waals surface area contributed by atoms with Gasteiger partial charge in [-0.3, -0.25) is 9.09 Å². The number of ether oxygens (including phenoxy) is 2. The van der Waals surface area contributed by atoms with Crippen LogP contribution in [0, 0.1) is 0 Å². The van der Waals surface area contributed by atoms with E-state index in [0.717, 1.165) is 12.0 Å². The summed E-state index contributed by atoms with van der Waals surface area (Å²) in [6.45, 7) is 0.370. The Kier molecular flexibility index (Phi) is 4.92. The number of hydrogen-bond donors (Lipinski definition) is 2. The maximum atomic E-state index is 10.6. The van der Waals surface area contributed by atoms with Crippen LogP contribution in [0.15, 0.2) is 30.6 Å². The van der Waals surface area contributed by atoms with Crippen LogP contribution in [0.2, 0.25) is 0 Å². The Morgan fingerprint density at radius 2 is 2.17 bits per heavy atom. The van der Waals surface area contributed by atoms with E-state index in [-0.39, 0.29) is 31.5 Å². The van der Waals surface area contributed by atoms with Crippen molar-refractivity contribution < 1.29 is 27.9 Å². The number of para-hydroxylation sites is 1. The molecule has 1 aromatic carbocycles. The van der Waals surface area contributed by atoms with Crippen LogP contribution >= 0.6 is 8.17 Å². The average molecular weight is 434 g/mol. The minimum atomic E-state index is -3.44. The lowest BCUT2D eigenvalue weighted by Gasteiger charge is -2.22. The summed E-state index contributed by atoms with van der Waals surface area (Å²) >= 11 is 0. The van der Waals surface area contributed by atoms with Gasteiger partial charge in [-0.1, -0.05) is 18.2 Å². The van der Waals surface area contributed by atoms with Crippen molar-refractivity contribution in [3.05, 3.63) is 36.2 Å². The Morgan fingerprint density at radius 1 is 1.30 bits per heavy atom. The number of imidazole rings is 1. The van der Waals surface area contributed by atoms with Gasteiger partial charge in [0.1, 0.15) is 19.4 Å². The molecular formula is C18H21N5O6P+. The zero-order valence-corrected chi connectivity index (χ0v) is 17.1. The van der Waals surface area contributed by atoms with Crippen LogP contribution in [-0.4, -0.2) is 44.2 Å². The second-order valence-electron chi connectivity index (χ2n) is 6.94. The van der Waals surface area contributed by atoms with Crippen LogP contribution in [-0.2, 0) is 20.4 Å². The number of rotatable bonds is 5. The molecule has 0 aliphatic carbocycles. The molecular weight excluding hydrogens is 413 g/mol. The number of methoxy groups -OCH3 is 1. The Hall–Kier alpha value is -2.56. The molecule has 3 atom stereocenters. The molecule has 11 nitrogen and oxygen atoms in total. The normalized spacial score (nSPS) is 25.8. The molecule has 0 saturated carbocycles. The maximum Gasteiger partial charge on any atom is 0.619 e. The lowest BCUT2D eigenvalue weighted by atomic mass is 10.2. The zero-order valence-electron chi connectivity index (χ0n) is 16.2. The fourth-order valence-corrected chi connectivity index (χ4v) is 4.79. The molecule has 2 aliphatic heterocycles. The van der Waals surface area contributed by atoms with Crippen LogP contribution < -0.4 is 15.0 Å². The highest BCUT2D eigenvalue weighted by atomic mass is 31.2. The summed E-state index contributed by atoms with van der Waals surface area (Å²) < 4.78 is 29.8. The number of anilines is 1. The lowest BCUT2D eigenvalue weighted by Crippen LogP contribution is -2.21. The van der Waals surface area contributed by atoms with Gasteiger partial charge in [0, 0.05) is 5.56 Å². The van der Waals surface area contributed by atoms with Gasteiger partial charge < -0.3 is 15.2 Å². The molecule has 2 aromatic heterocycles. The largest absolute Gasteiger partial charge is 0.619 e. The van der Waals surface area contributed by atoms with E-state index in [9.17, 15) is 4.89 Å². The molecule has 3 unspecified atom stereocenters. The SMILES string of the molecule is COc1nc(N)nc2c1ncn2C1CCC(CO[P+]2(O)OCc3ccccc3O2)O1. The van der Waals surface area contributed by atoms with E-state index < -0.39 is 8.17 Å². The number of fused-ring (bicyclic) bond motifs is 2. The first-order valence-corrected chi connectivity index (χ1v) is 10.9. The van der Waals surface area contributed by atoms with E-state index in [1.807, 2.05) is 18.2 Å². The van der Waals surface area contributed by atoms with Gasteiger partial charge in [0.2, 0.25) is 11.8 Å². The van der Waals surface area contributed by atoms with Gasteiger partial charge in [-0.15, -0.1) is 9.05 Å². The maximum absolute atomic E-state index is 10.6. The molecule has 1 fully saturated rings. The Bertz CT molecular complexity index is 1080. The fraction of sp³-hybridized carbons (Fsp3) is 0.389. The smallest absolute Gasteiger partial charge is 0.479 e. The van der Waals surface area contributed by atoms with Gasteiger partial charge in [0.05, 0.1) is 19.5 Å². The number of nitrogens with two attached hydrogens (primary N) is 1. The first-order valence-electron chi connectivity index (χ1n) is 9.42. The quantitative estimate of drug-likeness (QED) is 0.576. The van der Waals surface area contributed by atoms with Gasteiger partial charge in [-0.25, -0.2) is 4.98 Å². The third-order valence-corrected chi connectivity index (χ3v) is 6.35. The van der Waals surface area contributed by atoms with Crippen LogP contribution in [0.1, 0.15) is 24.6 Å². The summed E-state index contributed by atoms with van der Waals surface area (Å²) in [5, 5.41) is 0. The highest BCUT2D eigenvalue weighted by Crippen LogP contribution is 2.61. The zero-order chi connectivity index (χ0) is 20.7. The Balaban J connectivity index is 1.25. The lowest BCUT2D eigenvalue weighted by molar-refractivity contribution is -0.0267. The predicted octanol–water partition coefficient (Wildman–Crippen LogP) is 2.39. The molecule has 0 bridgehead atoms. The Morgan fingerprint density at radius 3 is 3.03 bits per heavy atom. The van der Waals surface area contributed by atoms with Crippen molar-refractivity contribution in [1.82, 2.24) is 19.5 Å². The monoisotopic (exact) mass is 434 g/mol. The molecule has 2 aliphatic rings. The highest BCUT2D eigenvalue weighted by Gasteiger charge is 2.51. The average Bonchev–Trinajstić information content (AvgIpc) is 3.38.